The van der Waals surface area contributed by atoms with Crippen molar-refractivity contribution in [2.45, 2.75) is 19.1 Å². The van der Waals surface area contributed by atoms with Gasteiger partial charge in [-0.1, -0.05) is 30.3 Å². The molecule has 0 aliphatic heterocycles. The van der Waals surface area contributed by atoms with E-state index in [4.69, 9.17) is 10.2 Å². The molecule has 1 atom stereocenters. The number of carbonyl (C=O) groups excluding carboxylic acids is 1. The first-order valence-electron chi connectivity index (χ1n) is 10.5. The lowest BCUT2D eigenvalue weighted by Gasteiger charge is -2.19. The van der Waals surface area contributed by atoms with Gasteiger partial charge in [0, 0.05) is 17.4 Å². The number of anilines is 3. The van der Waals surface area contributed by atoms with E-state index in [0.717, 1.165) is 0 Å². The standard InChI is InChI=1S/C23H20F3N7O3/c1-12-9-14(7-8-15(12)18(27)35)29-22-28-10-16(20-32-33-21(36-20)23(24,25)26)19(31-22)30-17(11-34)13-5-3-2-4-6-13/h2-10,17,34H,11H2,1H3,(H2,27,35)(H2,28,29,30,31)/t17-/m1/s1. The van der Waals surface area contributed by atoms with Crippen LogP contribution in [0.4, 0.5) is 30.6 Å². The van der Waals surface area contributed by atoms with Crippen molar-refractivity contribution < 1.29 is 27.5 Å². The Kier molecular flexibility index (Phi) is 6.83. The Morgan fingerprint density at radius 1 is 1.17 bits per heavy atom. The molecule has 2 aromatic heterocycles. The topological polar surface area (TPSA) is 152 Å². The molecule has 0 spiro atoms. The lowest BCUT2D eigenvalue weighted by molar-refractivity contribution is -0.156. The van der Waals surface area contributed by atoms with Gasteiger partial charge in [-0.15, -0.1) is 10.2 Å². The molecular weight excluding hydrogens is 479 g/mol. The van der Waals surface area contributed by atoms with Crippen molar-refractivity contribution in [2.75, 3.05) is 17.2 Å². The first kappa shape index (κ1) is 24.6. The molecule has 4 aromatic rings. The molecule has 5 N–H and O–H groups in total. The van der Waals surface area contributed by atoms with Gasteiger partial charge in [0.25, 0.3) is 5.89 Å². The van der Waals surface area contributed by atoms with Crippen LogP contribution in [0.5, 0.6) is 0 Å². The van der Waals surface area contributed by atoms with Crippen molar-refractivity contribution in [3.05, 3.63) is 77.3 Å². The predicted molar refractivity (Wildman–Crippen MR) is 123 cm³/mol. The number of primary amides is 1. The lowest BCUT2D eigenvalue weighted by atomic mass is 10.1. The highest BCUT2D eigenvalue weighted by molar-refractivity contribution is 5.94. The highest BCUT2D eigenvalue weighted by atomic mass is 19.4. The largest absolute Gasteiger partial charge is 0.470 e. The minimum Gasteiger partial charge on any atom is -0.412 e. The Balaban J connectivity index is 1.72. The molecule has 4 rings (SSSR count). The van der Waals surface area contributed by atoms with Gasteiger partial charge < -0.3 is 25.9 Å². The Bertz CT molecular complexity index is 1380. The van der Waals surface area contributed by atoms with Gasteiger partial charge in [0.1, 0.15) is 5.82 Å². The summed E-state index contributed by atoms with van der Waals surface area (Å²) in [5.41, 5.74) is 7.56. The molecular formula is C23H20F3N7O3. The second-order valence-electron chi connectivity index (χ2n) is 7.68. The van der Waals surface area contributed by atoms with Crippen LogP contribution < -0.4 is 16.4 Å². The summed E-state index contributed by atoms with van der Waals surface area (Å²) in [4.78, 5) is 20.0. The molecule has 0 aliphatic rings. The first-order valence-corrected chi connectivity index (χ1v) is 10.5. The molecule has 2 aromatic carbocycles. The van der Waals surface area contributed by atoms with Gasteiger partial charge in [0.15, 0.2) is 0 Å². The number of nitrogens with zero attached hydrogens (tertiary/aromatic N) is 4. The quantitative estimate of drug-likeness (QED) is 0.283. The van der Waals surface area contributed by atoms with Crippen LogP contribution in [0.2, 0.25) is 0 Å². The SMILES string of the molecule is Cc1cc(Nc2ncc(-c3nnc(C(F)(F)F)o3)c(N[C@H](CO)c3ccccc3)n2)ccc1C(N)=O. The average molecular weight is 499 g/mol. The van der Waals surface area contributed by atoms with Crippen LogP contribution in [0.3, 0.4) is 0 Å². The summed E-state index contributed by atoms with van der Waals surface area (Å²) in [6, 6.07) is 13.1. The third-order valence-electron chi connectivity index (χ3n) is 5.13. The van der Waals surface area contributed by atoms with Gasteiger partial charge in [-0.05, 0) is 36.2 Å². The fraction of sp³-hybridized carbons (Fsp3) is 0.174. The molecule has 186 valence electrons. The number of aliphatic hydroxyl groups is 1. The molecule has 13 heteroatoms. The van der Waals surface area contributed by atoms with E-state index in [0.29, 0.717) is 22.4 Å². The van der Waals surface area contributed by atoms with Crippen LogP contribution >= 0.6 is 0 Å². The highest BCUT2D eigenvalue weighted by Gasteiger charge is 2.38. The van der Waals surface area contributed by atoms with E-state index in [9.17, 15) is 23.1 Å². The number of halogens is 3. The van der Waals surface area contributed by atoms with Crippen molar-refractivity contribution in [3.63, 3.8) is 0 Å². The van der Waals surface area contributed by atoms with Gasteiger partial charge in [-0.25, -0.2) is 4.98 Å². The van der Waals surface area contributed by atoms with Crippen LogP contribution in [-0.4, -0.2) is 37.8 Å². The van der Waals surface area contributed by atoms with Gasteiger partial charge in [-0.2, -0.15) is 18.2 Å². The number of rotatable bonds is 8. The first-order chi connectivity index (χ1) is 17.2. The van der Waals surface area contributed by atoms with Gasteiger partial charge in [-0.3, -0.25) is 4.79 Å². The van der Waals surface area contributed by atoms with Crippen molar-refractivity contribution >= 4 is 23.4 Å². The minimum absolute atomic E-state index is 0.00168. The van der Waals surface area contributed by atoms with Crippen molar-refractivity contribution in [1.82, 2.24) is 20.2 Å². The molecule has 10 nitrogen and oxygen atoms in total. The van der Waals surface area contributed by atoms with Crippen LogP contribution in [0, 0.1) is 6.92 Å². The number of carbonyl (C=O) groups is 1. The number of aromatic nitrogens is 4. The number of benzene rings is 2. The maximum atomic E-state index is 13.0. The third kappa shape index (κ3) is 5.41. The Morgan fingerprint density at radius 2 is 1.92 bits per heavy atom. The molecule has 0 bridgehead atoms. The van der Waals surface area contributed by atoms with E-state index in [-0.39, 0.29) is 23.9 Å². The van der Waals surface area contributed by atoms with E-state index >= 15 is 0 Å². The monoisotopic (exact) mass is 499 g/mol. The number of hydrogen-bond acceptors (Lipinski definition) is 9. The smallest absolute Gasteiger partial charge is 0.412 e. The Labute approximate surface area is 202 Å². The van der Waals surface area contributed by atoms with E-state index in [1.54, 1.807) is 55.5 Å². The molecule has 0 aliphatic carbocycles. The highest BCUT2D eigenvalue weighted by Crippen LogP contribution is 2.34. The second-order valence-corrected chi connectivity index (χ2v) is 7.68. The number of hydrogen-bond donors (Lipinski definition) is 4. The lowest BCUT2D eigenvalue weighted by Crippen LogP contribution is -2.17. The van der Waals surface area contributed by atoms with Crippen molar-refractivity contribution in [3.8, 4) is 11.5 Å². The summed E-state index contributed by atoms with van der Waals surface area (Å²) in [5, 5.41) is 22.5. The van der Waals surface area contributed by atoms with Gasteiger partial charge >= 0.3 is 12.1 Å². The van der Waals surface area contributed by atoms with E-state index in [1.165, 1.54) is 6.20 Å². The average Bonchev–Trinajstić information content (AvgIpc) is 3.34. The summed E-state index contributed by atoms with van der Waals surface area (Å²) in [6.45, 7) is 1.36. The van der Waals surface area contributed by atoms with Crippen molar-refractivity contribution in [2.24, 2.45) is 5.73 Å². The molecule has 0 radical (unpaired) electrons. The molecule has 0 saturated carbocycles. The summed E-state index contributed by atoms with van der Waals surface area (Å²) in [7, 11) is 0. The summed E-state index contributed by atoms with van der Waals surface area (Å²) in [6.07, 6.45) is -3.61. The zero-order valence-electron chi connectivity index (χ0n) is 18.7. The molecule has 2 heterocycles. The Morgan fingerprint density at radius 3 is 2.53 bits per heavy atom. The zero-order valence-corrected chi connectivity index (χ0v) is 18.7. The molecule has 36 heavy (non-hydrogen) atoms. The fourth-order valence-corrected chi connectivity index (χ4v) is 3.39. The van der Waals surface area contributed by atoms with E-state index in [2.05, 4.69) is 30.8 Å². The number of alkyl halides is 3. The molecule has 0 saturated heterocycles. The maximum absolute atomic E-state index is 13.0. The van der Waals surface area contributed by atoms with Crippen LogP contribution in [0.1, 0.15) is 33.4 Å². The second kappa shape index (κ2) is 10.00. The summed E-state index contributed by atoms with van der Waals surface area (Å²) < 4.78 is 43.8. The predicted octanol–water partition coefficient (Wildman–Crippen LogP) is 3.84. The number of aliphatic hydroxyl groups excluding tert-OH is 1. The minimum atomic E-state index is -4.83. The fourth-order valence-electron chi connectivity index (χ4n) is 3.39. The van der Waals surface area contributed by atoms with Crippen LogP contribution in [-0.2, 0) is 6.18 Å². The van der Waals surface area contributed by atoms with E-state index in [1.807, 2.05) is 0 Å². The normalized spacial score (nSPS) is 12.2. The van der Waals surface area contributed by atoms with E-state index < -0.39 is 29.9 Å². The molecule has 0 fully saturated rings. The number of aryl methyl sites for hydroxylation is 1. The number of amides is 1. The zero-order chi connectivity index (χ0) is 25.9. The van der Waals surface area contributed by atoms with Crippen molar-refractivity contribution in [1.29, 1.82) is 0 Å². The van der Waals surface area contributed by atoms with Gasteiger partial charge in [0.2, 0.25) is 11.9 Å². The summed E-state index contributed by atoms with van der Waals surface area (Å²) in [5.74, 6) is -2.42. The maximum Gasteiger partial charge on any atom is 0.470 e. The molecule has 0 unspecified atom stereocenters. The van der Waals surface area contributed by atoms with Crippen LogP contribution in [0.15, 0.2) is 59.1 Å². The third-order valence-corrected chi connectivity index (χ3v) is 5.13. The number of nitrogens with two attached hydrogens (primary N) is 1. The van der Waals surface area contributed by atoms with Gasteiger partial charge in [0.05, 0.1) is 18.2 Å². The van der Waals surface area contributed by atoms with Crippen LogP contribution in [0.25, 0.3) is 11.5 Å². The number of nitrogens with one attached hydrogen (secondary N) is 2. The Hall–Kier alpha value is -4.52. The molecule has 1 amide bonds. The summed E-state index contributed by atoms with van der Waals surface area (Å²) >= 11 is 0.